The molecule has 0 radical (unpaired) electrons. The summed E-state index contributed by atoms with van der Waals surface area (Å²) >= 11 is 0. The summed E-state index contributed by atoms with van der Waals surface area (Å²) < 4.78 is 0. The molecule has 11 aromatic carbocycles. The van der Waals surface area contributed by atoms with Crippen molar-refractivity contribution in [2.75, 3.05) is 0 Å². The fraction of sp³-hybridized carbons (Fsp3) is 0.0175. The number of rotatable bonds is 2. The summed E-state index contributed by atoms with van der Waals surface area (Å²) in [5, 5.41) is 12.8. The second-order valence-electron chi connectivity index (χ2n) is 15.8. The van der Waals surface area contributed by atoms with Crippen LogP contribution in [0.1, 0.15) is 22.3 Å². The lowest BCUT2D eigenvalue weighted by Gasteiger charge is -2.32. The van der Waals surface area contributed by atoms with Crippen molar-refractivity contribution in [3.63, 3.8) is 0 Å². The average Bonchev–Trinajstić information content (AvgIpc) is 3.75. The highest BCUT2D eigenvalue weighted by molar-refractivity contribution is 6.25. The van der Waals surface area contributed by atoms with Crippen LogP contribution in [0.5, 0.6) is 0 Å². The van der Waals surface area contributed by atoms with Crippen LogP contribution in [0.2, 0.25) is 0 Å². The van der Waals surface area contributed by atoms with E-state index in [4.69, 9.17) is 0 Å². The smallest absolute Gasteiger partial charge is 0.0619 e. The molecule has 2 aliphatic carbocycles. The summed E-state index contributed by atoms with van der Waals surface area (Å²) in [5.41, 5.74) is 15.4. The van der Waals surface area contributed by atoms with Crippen molar-refractivity contribution in [2.45, 2.75) is 5.41 Å². The molecule has 0 saturated heterocycles. The van der Waals surface area contributed by atoms with Gasteiger partial charge in [-0.25, -0.2) is 0 Å². The Hall–Kier alpha value is -7.28. The molecule has 1 spiro atoms. The molecule has 0 heterocycles. The highest BCUT2D eigenvalue weighted by atomic mass is 14.5. The van der Waals surface area contributed by atoms with Gasteiger partial charge in [-0.2, -0.15) is 0 Å². The molecule has 0 atom stereocenters. The van der Waals surface area contributed by atoms with Crippen LogP contribution < -0.4 is 0 Å². The van der Waals surface area contributed by atoms with Gasteiger partial charge in [-0.15, -0.1) is 0 Å². The summed E-state index contributed by atoms with van der Waals surface area (Å²) in [6.07, 6.45) is 0. The first-order valence-electron chi connectivity index (χ1n) is 20.0. The molecule has 0 aromatic heterocycles. The Morgan fingerprint density at radius 2 is 0.719 bits per heavy atom. The van der Waals surface area contributed by atoms with Gasteiger partial charge in [-0.05, 0) is 133 Å². The zero-order valence-corrected chi connectivity index (χ0v) is 31.1. The van der Waals surface area contributed by atoms with Crippen molar-refractivity contribution >= 4 is 53.9 Å². The third-order valence-corrected chi connectivity index (χ3v) is 13.2. The minimum atomic E-state index is -0.492. The molecule has 0 N–H and O–H groups in total. The molecule has 0 heteroatoms. The summed E-state index contributed by atoms with van der Waals surface area (Å²) in [6.45, 7) is 0. The van der Waals surface area contributed by atoms with E-state index in [2.05, 4.69) is 206 Å². The van der Waals surface area contributed by atoms with Gasteiger partial charge in [-0.3, -0.25) is 0 Å². The quantitative estimate of drug-likeness (QED) is 0.156. The van der Waals surface area contributed by atoms with Gasteiger partial charge < -0.3 is 0 Å². The summed E-state index contributed by atoms with van der Waals surface area (Å²) in [5.74, 6) is 0. The van der Waals surface area contributed by atoms with Gasteiger partial charge in [0.05, 0.1) is 5.41 Å². The molecule has 57 heavy (non-hydrogen) atoms. The fourth-order valence-electron chi connectivity index (χ4n) is 11.1. The van der Waals surface area contributed by atoms with Crippen molar-refractivity contribution < 1.29 is 0 Å². The first-order valence-corrected chi connectivity index (χ1v) is 20.0. The molecule has 0 bridgehead atoms. The minimum absolute atomic E-state index is 0.492. The predicted molar refractivity (Wildman–Crippen MR) is 241 cm³/mol. The van der Waals surface area contributed by atoms with E-state index < -0.39 is 5.41 Å². The zero-order valence-electron chi connectivity index (χ0n) is 31.1. The van der Waals surface area contributed by atoms with Crippen LogP contribution in [0.25, 0.3) is 98.4 Å². The second-order valence-corrected chi connectivity index (χ2v) is 15.8. The minimum Gasteiger partial charge on any atom is -0.0619 e. The molecule has 13 rings (SSSR count). The molecule has 0 amide bonds. The molecular formula is C57H34. The van der Waals surface area contributed by atoms with E-state index in [0.717, 1.165) is 0 Å². The van der Waals surface area contributed by atoms with Gasteiger partial charge in [0.2, 0.25) is 0 Å². The van der Waals surface area contributed by atoms with Gasteiger partial charge in [0.15, 0.2) is 0 Å². The second kappa shape index (κ2) is 11.4. The summed E-state index contributed by atoms with van der Waals surface area (Å²) in [6, 6.07) is 77.7. The first kappa shape index (κ1) is 31.0. The van der Waals surface area contributed by atoms with Crippen LogP contribution in [-0.4, -0.2) is 0 Å². The number of fused-ring (bicyclic) bond motifs is 17. The van der Waals surface area contributed by atoms with E-state index >= 15 is 0 Å². The van der Waals surface area contributed by atoms with Crippen LogP contribution in [0, 0.1) is 0 Å². The molecule has 2 aliphatic rings. The fourth-order valence-corrected chi connectivity index (χ4v) is 11.1. The molecule has 262 valence electrons. The van der Waals surface area contributed by atoms with E-state index in [9.17, 15) is 0 Å². The van der Waals surface area contributed by atoms with E-state index in [1.807, 2.05) is 0 Å². The van der Waals surface area contributed by atoms with Crippen molar-refractivity contribution in [2.24, 2.45) is 0 Å². The Bertz CT molecular complexity index is 3430. The topological polar surface area (TPSA) is 0 Å². The molecule has 0 saturated carbocycles. The molecule has 0 fully saturated rings. The maximum atomic E-state index is 2.61. The van der Waals surface area contributed by atoms with E-state index in [-0.39, 0.29) is 0 Å². The average molecular weight is 719 g/mol. The van der Waals surface area contributed by atoms with Crippen molar-refractivity contribution in [1.82, 2.24) is 0 Å². The van der Waals surface area contributed by atoms with Crippen LogP contribution in [-0.2, 0) is 5.41 Å². The Labute approximate surface area is 330 Å². The lowest BCUT2D eigenvalue weighted by atomic mass is 9.68. The number of benzene rings is 11. The Morgan fingerprint density at radius 1 is 0.246 bits per heavy atom. The summed E-state index contributed by atoms with van der Waals surface area (Å²) in [7, 11) is 0. The van der Waals surface area contributed by atoms with Crippen molar-refractivity contribution in [3.8, 4) is 44.5 Å². The van der Waals surface area contributed by atoms with Gasteiger partial charge in [0, 0.05) is 0 Å². The first-order chi connectivity index (χ1) is 28.3. The van der Waals surface area contributed by atoms with E-state index in [1.54, 1.807) is 0 Å². The Morgan fingerprint density at radius 3 is 1.37 bits per heavy atom. The lowest BCUT2D eigenvalue weighted by Crippen LogP contribution is -2.26. The van der Waals surface area contributed by atoms with Crippen LogP contribution >= 0.6 is 0 Å². The Balaban J connectivity index is 1.21. The third-order valence-electron chi connectivity index (χ3n) is 13.2. The number of hydrogen-bond acceptors (Lipinski definition) is 0. The predicted octanol–water partition coefficient (Wildman–Crippen LogP) is 15.1. The highest BCUT2D eigenvalue weighted by Crippen LogP contribution is 2.66. The van der Waals surface area contributed by atoms with Crippen LogP contribution in [0.4, 0.5) is 0 Å². The summed E-state index contributed by atoms with van der Waals surface area (Å²) in [4.78, 5) is 0. The lowest BCUT2D eigenvalue weighted by molar-refractivity contribution is 0.802. The highest BCUT2D eigenvalue weighted by Gasteiger charge is 2.53. The van der Waals surface area contributed by atoms with Gasteiger partial charge >= 0.3 is 0 Å². The molecule has 0 aliphatic heterocycles. The third kappa shape index (κ3) is 3.97. The van der Waals surface area contributed by atoms with Crippen LogP contribution in [0.3, 0.4) is 0 Å². The largest absolute Gasteiger partial charge is 0.0731 e. The van der Waals surface area contributed by atoms with Crippen molar-refractivity contribution in [1.29, 1.82) is 0 Å². The van der Waals surface area contributed by atoms with Gasteiger partial charge in [-0.1, -0.05) is 194 Å². The van der Waals surface area contributed by atoms with Crippen LogP contribution in [0.15, 0.2) is 206 Å². The number of hydrogen-bond donors (Lipinski definition) is 0. The SMILES string of the molecule is c1ccc2c(c1)-c1ccccc1C21c2cc(-c3c4ccccc4c(-c4ccc5ccccc5c4)c4ccccc34)c3ccccc3c2-c2ccc3ccccc3c21. The van der Waals surface area contributed by atoms with Gasteiger partial charge in [0.25, 0.3) is 0 Å². The van der Waals surface area contributed by atoms with Gasteiger partial charge in [0.1, 0.15) is 0 Å². The zero-order chi connectivity index (χ0) is 37.2. The van der Waals surface area contributed by atoms with E-state index in [0.29, 0.717) is 0 Å². The maximum absolute atomic E-state index is 2.61. The normalized spacial score (nSPS) is 13.4. The Kier molecular flexibility index (Phi) is 6.19. The maximum Gasteiger partial charge on any atom is 0.0731 e. The molecule has 11 aromatic rings. The van der Waals surface area contributed by atoms with E-state index in [1.165, 1.54) is 121 Å². The standard InChI is InChI=1S/C57H34/c1-2-17-37-33-38(30-29-35(37)15-1)53-44-23-7-9-25-46(44)54(47-26-10-8-24-45(47)53)49-34-52-55(43-22-6-5-19-40(43)49)48-32-31-36-16-3-4-18-39(36)56(48)57(52)50-27-13-11-20-41(50)42-21-12-14-28-51(42)57/h1-34H. The molecular weight excluding hydrogens is 685 g/mol. The monoisotopic (exact) mass is 718 g/mol. The molecule has 0 unspecified atom stereocenters. The van der Waals surface area contributed by atoms with Crippen molar-refractivity contribution in [3.05, 3.63) is 229 Å². The molecule has 0 nitrogen and oxygen atoms in total.